The highest BCUT2D eigenvalue weighted by atomic mass is 16.5. The molecule has 0 amide bonds. The van der Waals surface area contributed by atoms with Gasteiger partial charge < -0.3 is 14.7 Å². The Morgan fingerprint density at radius 2 is 1.90 bits per heavy atom. The third-order valence-corrected chi connectivity index (χ3v) is 3.52. The van der Waals surface area contributed by atoms with Crippen LogP contribution in [0.25, 0.3) is 11.0 Å². The van der Waals surface area contributed by atoms with Crippen molar-refractivity contribution in [2.45, 2.75) is 18.9 Å². The topological polar surface area (TPSA) is 71.4 Å². The number of aliphatic hydroxyl groups excluding tert-OH is 1. The van der Waals surface area contributed by atoms with Crippen molar-refractivity contribution in [3.63, 3.8) is 0 Å². The SMILES string of the molecule is OCCOC1CCN(c2nnc3ccccc3n2)CC1. The first kappa shape index (κ1) is 13.2. The van der Waals surface area contributed by atoms with E-state index in [0.717, 1.165) is 37.0 Å². The second-order valence-electron chi connectivity index (χ2n) is 4.88. The summed E-state index contributed by atoms with van der Waals surface area (Å²) in [5, 5.41) is 17.2. The van der Waals surface area contributed by atoms with Gasteiger partial charge in [-0.2, -0.15) is 0 Å². The van der Waals surface area contributed by atoms with Crippen LogP contribution in [0.2, 0.25) is 0 Å². The predicted octanol–water partition coefficient (Wildman–Crippen LogP) is 1.00. The Morgan fingerprint density at radius 1 is 1.15 bits per heavy atom. The fourth-order valence-electron chi connectivity index (χ4n) is 2.45. The lowest BCUT2D eigenvalue weighted by atomic mass is 10.1. The summed E-state index contributed by atoms with van der Waals surface area (Å²) in [6, 6.07) is 7.75. The van der Waals surface area contributed by atoms with Crippen molar-refractivity contribution in [3.8, 4) is 0 Å². The van der Waals surface area contributed by atoms with E-state index >= 15 is 0 Å². The number of hydrogen-bond acceptors (Lipinski definition) is 6. The standard InChI is InChI=1S/C14H18N4O2/c19-9-10-20-11-5-7-18(8-6-11)14-15-12-3-1-2-4-13(12)16-17-14/h1-4,11,19H,5-10H2. The zero-order valence-corrected chi connectivity index (χ0v) is 11.3. The number of hydrogen-bond donors (Lipinski definition) is 1. The molecule has 1 fully saturated rings. The van der Waals surface area contributed by atoms with E-state index in [1.54, 1.807) is 0 Å². The first-order valence-corrected chi connectivity index (χ1v) is 6.93. The Hall–Kier alpha value is -1.79. The van der Waals surface area contributed by atoms with E-state index in [2.05, 4.69) is 20.1 Å². The van der Waals surface area contributed by atoms with Gasteiger partial charge in [0.05, 0.1) is 24.8 Å². The zero-order chi connectivity index (χ0) is 13.8. The maximum atomic E-state index is 8.76. The van der Waals surface area contributed by atoms with E-state index in [9.17, 15) is 0 Å². The van der Waals surface area contributed by atoms with Crippen LogP contribution in [0, 0.1) is 0 Å². The van der Waals surface area contributed by atoms with Gasteiger partial charge >= 0.3 is 0 Å². The number of rotatable bonds is 4. The van der Waals surface area contributed by atoms with Gasteiger partial charge in [0.25, 0.3) is 0 Å². The van der Waals surface area contributed by atoms with Crippen molar-refractivity contribution in [2.75, 3.05) is 31.2 Å². The molecule has 6 nitrogen and oxygen atoms in total. The minimum Gasteiger partial charge on any atom is -0.394 e. The smallest absolute Gasteiger partial charge is 0.245 e. The molecule has 2 heterocycles. The van der Waals surface area contributed by atoms with Crippen LogP contribution in [0.5, 0.6) is 0 Å². The van der Waals surface area contributed by atoms with Gasteiger partial charge in [-0.15, -0.1) is 10.2 Å². The lowest BCUT2D eigenvalue weighted by Crippen LogP contribution is -2.38. The van der Waals surface area contributed by atoms with Crippen molar-refractivity contribution in [2.24, 2.45) is 0 Å². The summed E-state index contributed by atoms with van der Waals surface area (Å²) in [5.41, 5.74) is 1.69. The van der Waals surface area contributed by atoms with E-state index in [1.807, 2.05) is 24.3 Å². The zero-order valence-electron chi connectivity index (χ0n) is 11.3. The van der Waals surface area contributed by atoms with Gasteiger partial charge in [0.15, 0.2) is 0 Å². The van der Waals surface area contributed by atoms with Crippen LogP contribution in [0.1, 0.15) is 12.8 Å². The molecule has 0 unspecified atom stereocenters. The maximum absolute atomic E-state index is 8.76. The van der Waals surface area contributed by atoms with Crippen LogP contribution in [-0.4, -0.2) is 52.7 Å². The van der Waals surface area contributed by atoms with Crippen LogP contribution < -0.4 is 4.90 Å². The minimum absolute atomic E-state index is 0.0813. The highest BCUT2D eigenvalue weighted by molar-refractivity contribution is 5.74. The number of piperidine rings is 1. The highest BCUT2D eigenvalue weighted by Gasteiger charge is 2.21. The van der Waals surface area contributed by atoms with E-state index in [4.69, 9.17) is 9.84 Å². The van der Waals surface area contributed by atoms with Crippen molar-refractivity contribution >= 4 is 17.0 Å². The molecule has 106 valence electrons. The minimum atomic E-state index is 0.0813. The van der Waals surface area contributed by atoms with Crippen LogP contribution in [0.15, 0.2) is 24.3 Å². The Balaban J connectivity index is 1.67. The van der Waals surface area contributed by atoms with E-state index in [-0.39, 0.29) is 12.7 Å². The number of benzene rings is 1. The van der Waals surface area contributed by atoms with E-state index < -0.39 is 0 Å². The van der Waals surface area contributed by atoms with Gasteiger partial charge in [-0.3, -0.25) is 0 Å². The number of anilines is 1. The molecular weight excluding hydrogens is 256 g/mol. The van der Waals surface area contributed by atoms with Crippen LogP contribution >= 0.6 is 0 Å². The molecule has 0 aliphatic carbocycles. The summed E-state index contributed by atoms with van der Waals surface area (Å²) in [5.74, 6) is 0.685. The molecule has 6 heteroatoms. The lowest BCUT2D eigenvalue weighted by molar-refractivity contribution is 0.0157. The molecule has 2 aromatic rings. The number of para-hydroxylation sites is 1. The van der Waals surface area contributed by atoms with Gasteiger partial charge in [-0.1, -0.05) is 12.1 Å². The fraction of sp³-hybridized carbons (Fsp3) is 0.500. The summed E-state index contributed by atoms with van der Waals surface area (Å²) in [4.78, 5) is 6.69. The van der Waals surface area contributed by atoms with Crippen molar-refractivity contribution in [1.82, 2.24) is 15.2 Å². The second kappa shape index (κ2) is 6.11. The number of aromatic nitrogens is 3. The molecule has 3 rings (SSSR count). The highest BCUT2D eigenvalue weighted by Crippen LogP contribution is 2.19. The molecule has 0 atom stereocenters. The van der Waals surface area contributed by atoms with Gasteiger partial charge in [0.2, 0.25) is 5.95 Å². The summed E-state index contributed by atoms with van der Waals surface area (Å²) >= 11 is 0. The molecule has 1 saturated heterocycles. The summed E-state index contributed by atoms with van der Waals surface area (Å²) in [6.45, 7) is 2.21. The van der Waals surface area contributed by atoms with Crippen molar-refractivity contribution in [3.05, 3.63) is 24.3 Å². The maximum Gasteiger partial charge on any atom is 0.245 e. The molecule has 0 saturated carbocycles. The molecule has 0 spiro atoms. The molecular formula is C14H18N4O2. The molecule has 20 heavy (non-hydrogen) atoms. The number of aliphatic hydroxyl groups is 1. The first-order chi connectivity index (χ1) is 9.86. The van der Waals surface area contributed by atoms with Crippen LogP contribution in [0.4, 0.5) is 5.95 Å². The lowest BCUT2D eigenvalue weighted by Gasteiger charge is -2.31. The number of nitrogens with zero attached hydrogens (tertiary/aromatic N) is 4. The molecule has 1 aliphatic rings. The Morgan fingerprint density at radius 3 is 2.65 bits per heavy atom. The Labute approximate surface area is 117 Å². The predicted molar refractivity (Wildman–Crippen MR) is 75.6 cm³/mol. The third kappa shape index (κ3) is 2.86. The van der Waals surface area contributed by atoms with Crippen LogP contribution in [0.3, 0.4) is 0 Å². The average Bonchev–Trinajstić information content (AvgIpc) is 2.53. The summed E-state index contributed by atoms with van der Waals surface area (Å²) < 4.78 is 5.55. The number of fused-ring (bicyclic) bond motifs is 1. The normalized spacial score (nSPS) is 16.8. The number of ether oxygens (including phenoxy) is 1. The fourth-order valence-corrected chi connectivity index (χ4v) is 2.45. The Bertz CT molecular complexity index is 570. The Kier molecular flexibility index (Phi) is 4.03. The van der Waals surface area contributed by atoms with E-state index in [1.165, 1.54) is 0 Å². The van der Waals surface area contributed by atoms with Crippen LogP contribution in [-0.2, 0) is 4.74 Å². The molecule has 0 bridgehead atoms. The average molecular weight is 274 g/mol. The van der Waals surface area contributed by atoms with Crippen molar-refractivity contribution in [1.29, 1.82) is 0 Å². The quantitative estimate of drug-likeness (QED) is 0.897. The van der Waals surface area contributed by atoms with Gasteiger partial charge in [-0.05, 0) is 25.0 Å². The summed E-state index contributed by atoms with van der Waals surface area (Å²) in [7, 11) is 0. The first-order valence-electron chi connectivity index (χ1n) is 6.93. The molecule has 1 aromatic heterocycles. The monoisotopic (exact) mass is 274 g/mol. The van der Waals surface area contributed by atoms with Gasteiger partial charge in [-0.25, -0.2) is 4.98 Å². The molecule has 1 aliphatic heterocycles. The summed E-state index contributed by atoms with van der Waals surface area (Å²) in [6.07, 6.45) is 2.08. The molecule has 1 N–H and O–H groups in total. The third-order valence-electron chi connectivity index (χ3n) is 3.52. The van der Waals surface area contributed by atoms with Crippen molar-refractivity contribution < 1.29 is 9.84 Å². The van der Waals surface area contributed by atoms with E-state index in [0.29, 0.717) is 12.6 Å². The largest absolute Gasteiger partial charge is 0.394 e. The molecule has 0 radical (unpaired) electrons. The van der Waals surface area contributed by atoms with Gasteiger partial charge in [0, 0.05) is 13.1 Å². The molecule has 1 aromatic carbocycles. The van der Waals surface area contributed by atoms with Gasteiger partial charge in [0.1, 0.15) is 5.52 Å². The second-order valence-corrected chi connectivity index (χ2v) is 4.88.